The second-order valence-electron chi connectivity index (χ2n) is 6.57. The van der Waals surface area contributed by atoms with Gasteiger partial charge in [-0.1, -0.05) is 66.7 Å². The van der Waals surface area contributed by atoms with Crippen LogP contribution in [0, 0.1) is 5.82 Å². The van der Waals surface area contributed by atoms with Crippen molar-refractivity contribution in [2.24, 2.45) is 5.10 Å². The molecular formula is C24H19FN2O. The summed E-state index contributed by atoms with van der Waals surface area (Å²) in [5.41, 5.74) is 4.00. The minimum absolute atomic E-state index is 0.222. The molecule has 3 aromatic rings. The number of nitrogens with zero attached hydrogens (tertiary/aromatic N) is 2. The number of ketones is 1. The Morgan fingerprint density at radius 3 is 2.57 bits per heavy atom. The molecule has 0 spiro atoms. The van der Waals surface area contributed by atoms with Crippen molar-refractivity contribution < 1.29 is 9.18 Å². The zero-order chi connectivity index (χ0) is 19.3. The molecule has 4 rings (SSSR count). The van der Waals surface area contributed by atoms with Crippen molar-refractivity contribution in [3.05, 3.63) is 107 Å². The Bertz CT molecular complexity index is 1060. The van der Waals surface area contributed by atoms with Gasteiger partial charge in [0.15, 0.2) is 0 Å². The minimum atomic E-state index is -0.333. The molecule has 1 heterocycles. The van der Waals surface area contributed by atoms with Crippen LogP contribution in [0.25, 0.3) is 6.08 Å². The highest BCUT2D eigenvalue weighted by molar-refractivity contribution is 6.50. The Hall–Kier alpha value is -3.53. The van der Waals surface area contributed by atoms with E-state index in [0.717, 1.165) is 24.2 Å². The van der Waals surface area contributed by atoms with Gasteiger partial charge in [-0.2, -0.15) is 5.10 Å². The molecule has 0 unspecified atom stereocenters. The van der Waals surface area contributed by atoms with Gasteiger partial charge in [0.25, 0.3) is 0 Å². The largest absolute Gasteiger partial charge is 0.287 e. The first-order chi connectivity index (χ1) is 13.7. The van der Waals surface area contributed by atoms with Crippen LogP contribution in [0.1, 0.15) is 16.7 Å². The van der Waals surface area contributed by atoms with E-state index in [1.165, 1.54) is 23.8 Å². The normalized spacial score (nSPS) is 13.8. The van der Waals surface area contributed by atoms with Gasteiger partial charge in [0, 0.05) is 12.1 Å². The summed E-state index contributed by atoms with van der Waals surface area (Å²) in [6, 6.07) is 23.6. The average Bonchev–Trinajstić information content (AvgIpc) is 3.14. The predicted molar refractivity (Wildman–Crippen MR) is 111 cm³/mol. The Morgan fingerprint density at radius 2 is 1.75 bits per heavy atom. The van der Waals surface area contributed by atoms with Gasteiger partial charge in [-0.15, -0.1) is 0 Å². The predicted octanol–water partition coefficient (Wildman–Crippen LogP) is 4.88. The number of para-hydroxylation sites is 1. The van der Waals surface area contributed by atoms with Gasteiger partial charge in [0.05, 0.1) is 5.69 Å². The fourth-order valence-corrected chi connectivity index (χ4v) is 3.25. The molecule has 0 saturated carbocycles. The second-order valence-corrected chi connectivity index (χ2v) is 6.57. The van der Waals surface area contributed by atoms with Crippen LogP contribution >= 0.6 is 0 Å². The van der Waals surface area contributed by atoms with E-state index < -0.39 is 0 Å². The monoisotopic (exact) mass is 370 g/mol. The molecule has 0 saturated heterocycles. The summed E-state index contributed by atoms with van der Waals surface area (Å²) in [5, 5.41) is 6.57. The van der Waals surface area contributed by atoms with Crippen LogP contribution in [0.2, 0.25) is 0 Å². The van der Waals surface area contributed by atoms with Crippen LogP contribution in [0.3, 0.4) is 0 Å². The average molecular weight is 370 g/mol. The number of halogens is 1. The molecule has 138 valence electrons. The minimum Gasteiger partial charge on any atom is -0.287 e. The Kier molecular flexibility index (Phi) is 5.11. The first-order valence-electron chi connectivity index (χ1n) is 9.18. The molecule has 0 radical (unpaired) electrons. The Balaban J connectivity index is 1.68. The van der Waals surface area contributed by atoms with E-state index in [0.29, 0.717) is 11.3 Å². The number of fused-ring (bicyclic) bond motifs is 1. The number of allylic oxidation sites excluding steroid dienone is 1. The van der Waals surface area contributed by atoms with Crippen LogP contribution in [-0.4, -0.2) is 18.0 Å². The van der Waals surface area contributed by atoms with Crippen molar-refractivity contribution in [1.82, 2.24) is 0 Å². The lowest BCUT2D eigenvalue weighted by Gasteiger charge is -2.15. The molecule has 0 N–H and O–H groups in total. The van der Waals surface area contributed by atoms with Crippen molar-refractivity contribution in [1.29, 1.82) is 0 Å². The number of benzene rings is 3. The molecule has 0 aliphatic carbocycles. The van der Waals surface area contributed by atoms with Gasteiger partial charge in [0.2, 0.25) is 5.78 Å². The zero-order valence-electron chi connectivity index (χ0n) is 15.3. The number of rotatable bonds is 5. The van der Waals surface area contributed by atoms with Gasteiger partial charge >= 0.3 is 0 Å². The lowest BCUT2D eigenvalue weighted by molar-refractivity contribution is -0.108. The molecule has 1 aliphatic rings. The summed E-state index contributed by atoms with van der Waals surface area (Å²) in [4.78, 5) is 13.0. The van der Waals surface area contributed by atoms with E-state index in [-0.39, 0.29) is 11.6 Å². The smallest absolute Gasteiger partial charge is 0.206 e. The second kappa shape index (κ2) is 8.01. The summed E-state index contributed by atoms with van der Waals surface area (Å²) < 4.78 is 13.4. The molecule has 3 nitrogen and oxygen atoms in total. The van der Waals surface area contributed by atoms with Crippen LogP contribution < -0.4 is 5.01 Å². The third-order valence-corrected chi connectivity index (χ3v) is 4.64. The first kappa shape index (κ1) is 17.9. The maximum atomic E-state index is 13.4. The highest BCUT2D eigenvalue weighted by Gasteiger charge is 2.20. The third-order valence-electron chi connectivity index (χ3n) is 4.64. The molecule has 0 fully saturated rings. The van der Waals surface area contributed by atoms with Crippen molar-refractivity contribution >= 4 is 23.3 Å². The van der Waals surface area contributed by atoms with E-state index in [4.69, 9.17) is 5.10 Å². The fourth-order valence-electron chi connectivity index (χ4n) is 3.25. The maximum Gasteiger partial charge on any atom is 0.206 e. The maximum absolute atomic E-state index is 13.4. The molecule has 0 bridgehead atoms. The number of anilines is 1. The van der Waals surface area contributed by atoms with E-state index in [9.17, 15) is 9.18 Å². The van der Waals surface area contributed by atoms with E-state index in [2.05, 4.69) is 6.07 Å². The molecule has 1 aliphatic heterocycles. The van der Waals surface area contributed by atoms with Crippen LogP contribution in [0.4, 0.5) is 10.1 Å². The van der Waals surface area contributed by atoms with E-state index in [1.54, 1.807) is 18.2 Å². The lowest BCUT2D eigenvalue weighted by Crippen LogP contribution is -2.21. The summed E-state index contributed by atoms with van der Waals surface area (Å²) in [7, 11) is 0. The molecule has 3 aromatic carbocycles. The number of carbonyl (C=O) groups is 1. The third kappa shape index (κ3) is 3.91. The quantitative estimate of drug-likeness (QED) is 0.474. The summed E-state index contributed by atoms with van der Waals surface area (Å²) in [5.74, 6) is -0.555. The van der Waals surface area contributed by atoms with Crippen molar-refractivity contribution in [2.45, 2.75) is 6.42 Å². The Labute approximate surface area is 163 Å². The fraction of sp³-hybridized carbons (Fsp3) is 0.0833. The number of hydrogen-bond donors (Lipinski definition) is 0. The summed E-state index contributed by atoms with van der Waals surface area (Å²) in [6.07, 6.45) is 3.96. The number of hydrazone groups is 1. The first-order valence-corrected chi connectivity index (χ1v) is 9.18. The molecule has 28 heavy (non-hydrogen) atoms. The van der Waals surface area contributed by atoms with E-state index >= 15 is 0 Å². The molecule has 0 atom stereocenters. The summed E-state index contributed by atoms with van der Waals surface area (Å²) in [6.45, 7) is 0.733. The van der Waals surface area contributed by atoms with Crippen molar-refractivity contribution in [2.75, 3.05) is 11.6 Å². The number of carbonyl (C=O) groups excluding carboxylic acids is 1. The van der Waals surface area contributed by atoms with Gasteiger partial charge in [-0.3, -0.25) is 9.80 Å². The van der Waals surface area contributed by atoms with Crippen LogP contribution in [0.15, 0.2) is 90.0 Å². The summed E-state index contributed by atoms with van der Waals surface area (Å²) >= 11 is 0. The highest BCUT2D eigenvalue weighted by Crippen LogP contribution is 2.28. The van der Waals surface area contributed by atoms with E-state index in [1.807, 2.05) is 53.5 Å². The standard InChI is InChI=1S/C24H19FN2O/c25-21-11-6-7-18(17-21)13-14-23(28)24(20-9-2-1-3-10-20)26-27-16-15-19-8-4-5-12-22(19)27/h1-14,17H,15-16H2/b14-13+,26-24+. The van der Waals surface area contributed by atoms with Crippen molar-refractivity contribution in [3.63, 3.8) is 0 Å². The van der Waals surface area contributed by atoms with Gasteiger partial charge in [0.1, 0.15) is 11.5 Å². The zero-order valence-corrected chi connectivity index (χ0v) is 15.3. The van der Waals surface area contributed by atoms with Crippen molar-refractivity contribution in [3.8, 4) is 0 Å². The number of hydrogen-bond acceptors (Lipinski definition) is 3. The lowest BCUT2D eigenvalue weighted by atomic mass is 10.1. The SMILES string of the molecule is O=C(/C=C/c1cccc(F)c1)/C(=N/N1CCc2ccccc21)c1ccccc1. The van der Waals surface area contributed by atoms with Gasteiger partial charge in [-0.05, 0) is 41.8 Å². The van der Waals surface area contributed by atoms with Crippen LogP contribution in [0.5, 0.6) is 0 Å². The molecule has 4 heteroatoms. The highest BCUT2D eigenvalue weighted by atomic mass is 19.1. The molecular weight excluding hydrogens is 351 g/mol. The Morgan fingerprint density at radius 1 is 0.964 bits per heavy atom. The van der Waals surface area contributed by atoms with Crippen LogP contribution in [-0.2, 0) is 11.2 Å². The van der Waals surface area contributed by atoms with Gasteiger partial charge in [-0.25, -0.2) is 4.39 Å². The van der Waals surface area contributed by atoms with Gasteiger partial charge < -0.3 is 0 Å². The molecule has 0 amide bonds. The molecule has 0 aromatic heterocycles. The topological polar surface area (TPSA) is 32.7 Å².